The van der Waals surface area contributed by atoms with E-state index < -0.39 is 205 Å². The van der Waals surface area contributed by atoms with Crippen molar-refractivity contribution in [2.75, 3.05) is 26.4 Å². The predicted octanol–water partition coefficient (Wildman–Crippen LogP) is -1.63. The van der Waals surface area contributed by atoms with Gasteiger partial charge in [0.25, 0.3) is 0 Å². The number of hydrogen-bond donors (Lipinski definition) is 13. The summed E-state index contributed by atoms with van der Waals surface area (Å²) in [5.74, 6) is -4.24. The minimum atomic E-state index is -2.17. The molecular weight excluding hydrogens is 1030 g/mol. The summed E-state index contributed by atoms with van der Waals surface area (Å²) in [7, 11) is 0. The molecule has 7 fully saturated rings. The Morgan fingerprint density at radius 2 is 1.23 bits per heavy atom. The molecule has 3 aliphatic heterocycles. The molecule has 78 heavy (non-hydrogen) atoms. The van der Waals surface area contributed by atoms with Crippen molar-refractivity contribution >= 4 is 17.9 Å². The minimum absolute atomic E-state index is 0.0782. The Hall–Kier alpha value is -2.57. The zero-order valence-corrected chi connectivity index (χ0v) is 45.9. The molecule has 13 N–H and O–H groups in total. The highest BCUT2D eigenvalue weighted by molar-refractivity contribution is 5.73. The first kappa shape index (κ1) is 61.5. The van der Waals surface area contributed by atoms with E-state index in [0.717, 1.165) is 5.57 Å². The van der Waals surface area contributed by atoms with Gasteiger partial charge in [-0.25, -0.2) is 4.79 Å². The molecule has 24 heteroatoms. The zero-order valence-electron chi connectivity index (χ0n) is 45.9. The standard InChI is InChI=1S/C54H86O24/c1-22(2)45(70)78-42-43(71-23(3)59)54(21-58)25(16-49(42,4)5)24-10-11-29-50(6)14-13-31(51(7,20-57)28(50)12-15-52(29,8)53(24,9)17-30(54)60)74-48-40(76-47-37(66)35(64)33(62)27(19-56)73-47)38(67)39(41(77-48)44(68)69)75-46-36(65)34(63)32(61)26(18-55)72-46/h10,22,25-43,46-48,55-58,60-67H,11-21H2,1-9H3,(H,68,69)/t25-,26+,27+,28?,29+,30+,31-,32+,33+,34-,35-,36+,37+,38-,39-,40+,41-,42-,43-,46-,47-,48+,50-,51+,52+,53+,54-/m0/s1. The van der Waals surface area contributed by atoms with Crippen LogP contribution in [0.4, 0.5) is 0 Å². The third kappa shape index (κ3) is 9.69. The van der Waals surface area contributed by atoms with Crippen LogP contribution in [-0.4, -0.2) is 227 Å². The van der Waals surface area contributed by atoms with Crippen molar-refractivity contribution < 1.29 is 119 Å². The summed E-state index contributed by atoms with van der Waals surface area (Å²) in [6.07, 6.45) is -27.9. The quantitative estimate of drug-likeness (QED) is 0.0527. The third-order valence-electron chi connectivity index (χ3n) is 20.8. The molecule has 24 nitrogen and oxygen atoms in total. The Labute approximate surface area is 453 Å². The normalized spacial score (nSPS) is 51.0. The summed E-state index contributed by atoms with van der Waals surface area (Å²) in [5.41, 5.74) is -4.04. The highest BCUT2D eigenvalue weighted by Crippen LogP contribution is 2.76. The number of hydrogen-bond acceptors (Lipinski definition) is 23. The maximum Gasteiger partial charge on any atom is 0.335 e. The lowest BCUT2D eigenvalue weighted by Gasteiger charge is -2.72. The maximum absolute atomic E-state index is 13.2. The summed E-state index contributed by atoms with van der Waals surface area (Å²) in [4.78, 5) is 39.3. The summed E-state index contributed by atoms with van der Waals surface area (Å²) in [6.45, 7) is 14.2. The highest BCUT2D eigenvalue weighted by atomic mass is 16.8. The number of carbonyl (C=O) groups excluding carboxylic acids is 2. The third-order valence-corrected chi connectivity index (χ3v) is 20.8. The Morgan fingerprint density at radius 1 is 0.654 bits per heavy atom. The number of aliphatic hydroxyl groups is 12. The van der Waals surface area contributed by atoms with Gasteiger partial charge in [0, 0.05) is 17.8 Å². The van der Waals surface area contributed by atoms with E-state index >= 15 is 0 Å². The molecule has 0 aromatic rings. The van der Waals surface area contributed by atoms with Crippen LogP contribution in [0.15, 0.2) is 11.6 Å². The van der Waals surface area contributed by atoms with Crippen LogP contribution >= 0.6 is 0 Å². The summed E-state index contributed by atoms with van der Waals surface area (Å²) in [5, 5.41) is 143. The van der Waals surface area contributed by atoms with Gasteiger partial charge in [-0.3, -0.25) is 9.59 Å². The van der Waals surface area contributed by atoms with Crippen molar-refractivity contribution in [1.82, 2.24) is 0 Å². The summed E-state index contributed by atoms with van der Waals surface area (Å²) < 4.78 is 48.1. The second-order valence-electron chi connectivity index (χ2n) is 25.7. The smallest absolute Gasteiger partial charge is 0.335 e. The fraction of sp³-hybridized carbons (Fsp3) is 0.907. The van der Waals surface area contributed by atoms with Crippen LogP contribution in [0, 0.1) is 56.2 Å². The van der Waals surface area contributed by atoms with E-state index in [9.17, 15) is 80.8 Å². The lowest BCUT2D eigenvalue weighted by atomic mass is 9.33. The van der Waals surface area contributed by atoms with Gasteiger partial charge in [-0.2, -0.15) is 0 Å². The number of carboxylic acid groups (broad SMARTS) is 1. The molecule has 0 amide bonds. The van der Waals surface area contributed by atoms with Crippen LogP contribution in [0.1, 0.15) is 107 Å². The van der Waals surface area contributed by atoms with Gasteiger partial charge in [-0.15, -0.1) is 0 Å². The van der Waals surface area contributed by atoms with E-state index in [2.05, 4.69) is 26.8 Å². The fourth-order valence-electron chi connectivity index (χ4n) is 16.2. The van der Waals surface area contributed by atoms with Crippen LogP contribution in [0.2, 0.25) is 0 Å². The SMILES string of the molecule is CC(=O)O[C@H]1[C@H](OC(=O)C(C)C)C(C)(C)C[C@H]2C3=CC[C@@H]4[C@@]5(C)CC[C@H](O[C@@H]6O[C@H](C(=O)O)[C@@H](O[C@@H]7O[C@H](CO)[C@@H](O)[C@H](O)[C@H]7O)[C@H](O)[C@H]6O[C@@H]6O[C@H](CO)[C@@H](O)[C@H](O)[C@H]6O)[C@](C)(CO)C5CC[C@@]4(C)[C@]3(C)C[C@@H](O)[C@]21CO. The van der Waals surface area contributed by atoms with Crippen LogP contribution < -0.4 is 0 Å². The van der Waals surface area contributed by atoms with E-state index in [1.54, 1.807) is 13.8 Å². The number of esters is 2. The molecule has 446 valence electrons. The van der Waals surface area contributed by atoms with Gasteiger partial charge in [0.15, 0.2) is 25.0 Å². The number of aliphatic hydroxyl groups excluding tert-OH is 12. The molecule has 1 unspecified atom stereocenters. The number of ether oxygens (including phenoxy) is 8. The lowest BCUT2D eigenvalue weighted by Crippen LogP contribution is -2.72. The van der Waals surface area contributed by atoms with E-state index in [-0.39, 0.29) is 24.7 Å². The van der Waals surface area contributed by atoms with Crippen molar-refractivity contribution in [3.8, 4) is 0 Å². The monoisotopic (exact) mass is 1120 g/mol. The van der Waals surface area contributed by atoms with Gasteiger partial charge in [-0.05, 0) is 78.9 Å². The van der Waals surface area contributed by atoms with Crippen molar-refractivity contribution in [3.63, 3.8) is 0 Å². The minimum Gasteiger partial charge on any atom is -0.479 e. The van der Waals surface area contributed by atoms with E-state index in [1.807, 2.05) is 20.8 Å². The van der Waals surface area contributed by atoms with Gasteiger partial charge >= 0.3 is 17.9 Å². The largest absolute Gasteiger partial charge is 0.479 e. The molecule has 0 spiro atoms. The second kappa shape index (κ2) is 22.2. The van der Waals surface area contributed by atoms with Crippen LogP contribution in [0.3, 0.4) is 0 Å². The number of rotatable bonds is 14. The van der Waals surface area contributed by atoms with E-state index in [4.69, 9.17) is 37.9 Å². The molecular formula is C54H86O24. The van der Waals surface area contributed by atoms with Crippen molar-refractivity contribution in [1.29, 1.82) is 0 Å². The van der Waals surface area contributed by atoms with Crippen molar-refractivity contribution in [3.05, 3.63) is 11.6 Å². The lowest BCUT2D eigenvalue weighted by molar-refractivity contribution is -0.392. The van der Waals surface area contributed by atoms with Crippen molar-refractivity contribution in [2.24, 2.45) is 56.2 Å². The van der Waals surface area contributed by atoms with Crippen molar-refractivity contribution in [2.45, 2.75) is 224 Å². The second-order valence-corrected chi connectivity index (χ2v) is 25.7. The predicted molar refractivity (Wildman–Crippen MR) is 264 cm³/mol. The molecule has 27 atom stereocenters. The van der Waals surface area contributed by atoms with Gasteiger partial charge < -0.3 is 104 Å². The summed E-state index contributed by atoms with van der Waals surface area (Å²) in [6, 6.07) is 0. The highest BCUT2D eigenvalue weighted by Gasteiger charge is 2.74. The van der Waals surface area contributed by atoms with E-state index in [0.29, 0.717) is 32.1 Å². The zero-order chi connectivity index (χ0) is 57.7. The molecule has 8 aliphatic rings. The Balaban J connectivity index is 1.11. The number of allylic oxidation sites excluding steroid dienone is 2. The first-order valence-electron chi connectivity index (χ1n) is 27.5. The maximum atomic E-state index is 13.2. The molecule has 0 aromatic heterocycles. The van der Waals surface area contributed by atoms with Crippen LogP contribution in [-0.2, 0) is 52.3 Å². The average Bonchev–Trinajstić information content (AvgIpc) is 2.21. The van der Waals surface area contributed by atoms with Gasteiger partial charge in [-0.1, -0.05) is 67.0 Å². The molecule has 3 heterocycles. The van der Waals surface area contributed by atoms with Crippen LogP contribution in [0.5, 0.6) is 0 Å². The number of fused-ring (bicyclic) bond motifs is 7. The average molecular weight is 1120 g/mol. The number of carboxylic acids is 1. The van der Waals surface area contributed by atoms with Crippen LogP contribution in [0.25, 0.3) is 0 Å². The van der Waals surface area contributed by atoms with Gasteiger partial charge in [0.2, 0.25) is 0 Å². The Bertz CT molecular complexity index is 2210. The molecule has 0 aromatic carbocycles. The number of aliphatic carboxylic acids is 1. The molecule has 0 radical (unpaired) electrons. The first-order valence-corrected chi connectivity index (χ1v) is 27.5. The molecule has 3 saturated heterocycles. The Morgan fingerprint density at radius 3 is 1.74 bits per heavy atom. The molecule has 8 rings (SSSR count). The molecule has 5 aliphatic carbocycles. The topological polar surface area (TPSA) is 388 Å². The number of carbonyl (C=O) groups is 3. The van der Waals surface area contributed by atoms with E-state index in [1.165, 1.54) is 6.92 Å². The molecule has 4 saturated carbocycles. The Kier molecular flexibility index (Phi) is 17.5. The summed E-state index contributed by atoms with van der Waals surface area (Å²) >= 11 is 0. The first-order chi connectivity index (χ1) is 36.4. The van der Waals surface area contributed by atoms with Gasteiger partial charge in [0.1, 0.15) is 79.4 Å². The fourth-order valence-corrected chi connectivity index (χ4v) is 16.2. The molecule has 0 bridgehead atoms. The van der Waals surface area contributed by atoms with Gasteiger partial charge in [0.05, 0.1) is 50.0 Å².